The number of hydrogen-bond donors (Lipinski definition) is 1. The zero-order chi connectivity index (χ0) is 19.5. The van der Waals surface area contributed by atoms with E-state index in [2.05, 4.69) is 15.3 Å². The molecule has 0 spiro atoms. The van der Waals surface area contributed by atoms with Crippen molar-refractivity contribution in [1.29, 1.82) is 0 Å². The summed E-state index contributed by atoms with van der Waals surface area (Å²) in [7, 11) is 1.61. The summed E-state index contributed by atoms with van der Waals surface area (Å²) in [4.78, 5) is 20.9. The molecule has 0 atom stereocenters. The van der Waals surface area contributed by atoms with E-state index >= 15 is 0 Å². The fraction of sp³-hybridized carbons (Fsp3) is 0.0952. The van der Waals surface area contributed by atoms with Gasteiger partial charge in [0.05, 0.1) is 7.11 Å². The van der Waals surface area contributed by atoms with Gasteiger partial charge in [0.25, 0.3) is 5.91 Å². The Morgan fingerprint density at radius 1 is 1.18 bits per heavy atom. The summed E-state index contributed by atoms with van der Waals surface area (Å²) < 4.78 is 11.0. The molecule has 1 amide bonds. The lowest BCUT2D eigenvalue weighted by Gasteiger charge is -2.07. The fourth-order valence-corrected chi connectivity index (χ4v) is 2.97. The van der Waals surface area contributed by atoms with Crippen molar-refractivity contribution in [1.82, 2.24) is 15.3 Å². The van der Waals surface area contributed by atoms with E-state index in [0.29, 0.717) is 34.3 Å². The molecule has 0 saturated heterocycles. The fourth-order valence-electron chi connectivity index (χ4n) is 2.79. The van der Waals surface area contributed by atoms with Crippen LogP contribution in [0.15, 0.2) is 65.2 Å². The quantitative estimate of drug-likeness (QED) is 0.506. The summed E-state index contributed by atoms with van der Waals surface area (Å²) >= 11 is 5.92. The largest absolute Gasteiger partial charge is 0.497 e. The molecule has 28 heavy (non-hydrogen) atoms. The highest BCUT2D eigenvalue weighted by atomic mass is 35.5. The number of hydrogen-bond acceptors (Lipinski definition) is 5. The van der Waals surface area contributed by atoms with Crippen LogP contribution in [-0.2, 0) is 6.54 Å². The molecule has 0 radical (unpaired) electrons. The summed E-state index contributed by atoms with van der Waals surface area (Å²) in [5.41, 5.74) is 3.35. The molecule has 6 nitrogen and oxygen atoms in total. The number of carbonyl (C=O) groups excluding carboxylic acids is 1. The minimum atomic E-state index is -0.199. The number of aromatic nitrogens is 2. The second kappa shape index (κ2) is 7.70. The van der Waals surface area contributed by atoms with Gasteiger partial charge in [-0.25, -0.2) is 9.97 Å². The standard InChI is InChI=1S/C21H16ClN3O3/c1-27-16-4-2-3-13(9-16)12-24-20(26)14-5-6-17-18(10-14)28-21(25-17)15-7-8-23-19(22)11-15/h2-11H,12H2,1H3,(H,24,26). The van der Waals surface area contributed by atoms with E-state index in [1.54, 1.807) is 43.6 Å². The van der Waals surface area contributed by atoms with Gasteiger partial charge in [0.2, 0.25) is 5.89 Å². The van der Waals surface area contributed by atoms with Crippen LogP contribution in [-0.4, -0.2) is 23.0 Å². The number of carbonyl (C=O) groups is 1. The number of amides is 1. The third-order valence-corrected chi connectivity index (χ3v) is 4.42. The second-order valence-corrected chi connectivity index (χ2v) is 6.49. The lowest BCUT2D eigenvalue weighted by Crippen LogP contribution is -2.22. The summed E-state index contributed by atoms with van der Waals surface area (Å²) in [6.07, 6.45) is 1.59. The molecule has 0 saturated carbocycles. The Morgan fingerprint density at radius 2 is 2.07 bits per heavy atom. The predicted molar refractivity (Wildman–Crippen MR) is 106 cm³/mol. The van der Waals surface area contributed by atoms with Crippen molar-refractivity contribution < 1.29 is 13.9 Å². The summed E-state index contributed by atoms with van der Waals surface area (Å²) in [5, 5.41) is 3.25. The molecule has 2 aromatic heterocycles. The second-order valence-electron chi connectivity index (χ2n) is 6.10. The number of nitrogens with zero attached hydrogens (tertiary/aromatic N) is 2. The molecule has 0 aliphatic carbocycles. The molecule has 2 heterocycles. The maximum Gasteiger partial charge on any atom is 0.251 e. The highest BCUT2D eigenvalue weighted by molar-refractivity contribution is 6.29. The molecule has 0 bridgehead atoms. The van der Waals surface area contributed by atoms with Gasteiger partial charge in [-0.15, -0.1) is 0 Å². The van der Waals surface area contributed by atoms with E-state index in [1.807, 2.05) is 24.3 Å². The van der Waals surface area contributed by atoms with Gasteiger partial charge >= 0.3 is 0 Å². The Hall–Kier alpha value is -3.38. The van der Waals surface area contributed by atoms with Crippen molar-refractivity contribution in [3.63, 3.8) is 0 Å². The Bertz CT molecular complexity index is 1160. The first kappa shape index (κ1) is 18.0. The van der Waals surface area contributed by atoms with Crippen LogP contribution in [0.2, 0.25) is 5.15 Å². The Balaban J connectivity index is 1.53. The molecular weight excluding hydrogens is 378 g/mol. The average molecular weight is 394 g/mol. The van der Waals surface area contributed by atoms with Crippen molar-refractivity contribution in [3.05, 3.63) is 77.1 Å². The van der Waals surface area contributed by atoms with Crippen LogP contribution >= 0.6 is 11.6 Å². The van der Waals surface area contributed by atoms with E-state index in [0.717, 1.165) is 16.9 Å². The van der Waals surface area contributed by atoms with E-state index in [9.17, 15) is 4.79 Å². The Kier molecular flexibility index (Phi) is 4.95. The topological polar surface area (TPSA) is 77.2 Å². The maximum atomic E-state index is 12.5. The molecule has 140 valence electrons. The van der Waals surface area contributed by atoms with Crippen molar-refractivity contribution in [2.24, 2.45) is 0 Å². The minimum absolute atomic E-state index is 0.199. The first-order valence-electron chi connectivity index (χ1n) is 8.56. The molecule has 4 aromatic rings. The van der Waals surface area contributed by atoms with Gasteiger partial charge in [0, 0.05) is 23.9 Å². The van der Waals surface area contributed by atoms with Crippen LogP contribution in [0.5, 0.6) is 5.75 Å². The molecule has 4 rings (SSSR count). The number of fused-ring (bicyclic) bond motifs is 1. The number of methoxy groups -OCH3 is 1. The van der Waals surface area contributed by atoms with Gasteiger partial charge in [-0.05, 0) is 48.0 Å². The Labute approximate surface area is 166 Å². The molecule has 0 aliphatic rings. The number of rotatable bonds is 5. The lowest BCUT2D eigenvalue weighted by atomic mass is 10.1. The third kappa shape index (κ3) is 3.82. The van der Waals surface area contributed by atoms with E-state index < -0.39 is 0 Å². The van der Waals surface area contributed by atoms with Crippen molar-refractivity contribution in [3.8, 4) is 17.2 Å². The van der Waals surface area contributed by atoms with Crippen LogP contribution < -0.4 is 10.1 Å². The Morgan fingerprint density at radius 3 is 2.89 bits per heavy atom. The van der Waals surface area contributed by atoms with Crippen LogP contribution in [0.25, 0.3) is 22.6 Å². The number of pyridine rings is 1. The van der Waals surface area contributed by atoms with Crippen LogP contribution in [0.3, 0.4) is 0 Å². The average Bonchev–Trinajstić information content (AvgIpc) is 3.15. The molecule has 0 fully saturated rings. The highest BCUT2D eigenvalue weighted by Crippen LogP contribution is 2.26. The molecule has 0 unspecified atom stereocenters. The van der Waals surface area contributed by atoms with Crippen LogP contribution in [0.1, 0.15) is 15.9 Å². The molecule has 7 heteroatoms. The first-order valence-corrected chi connectivity index (χ1v) is 8.94. The van der Waals surface area contributed by atoms with Crippen molar-refractivity contribution >= 4 is 28.6 Å². The molecular formula is C21H16ClN3O3. The van der Waals surface area contributed by atoms with Crippen LogP contribution in [0.4, 0.5) is 0 Å². The number of halogens is 1. The first-order chi connectivity index (χ1) is 13.6. The zero-order valence-electron chi connectivity index (χ0n) is 15.0. The van der Waals surface area contributed by atoms with Gasteiger partial charge in [-0.2, -0.15) is 0 Å². The SMILES string of the molecule is COc1cccc(CNC(=O)c2ccc3nc(-c4ccnc(Cl)c4)oc3c2)c1. The monoisotopic (exact) mass is 393 g/mol. The number of benzene rings is 2. The van der Waals surface area contributed by atoms with Crippen molar-refractivity contribution in [2.45, 2.75) is 6.54 Å². The molecule has 2 aromatic carbocycles. The van der Waals surface area contributed by atoms with Gasteiger partial charge in [0.1, 0.15) is 16.4 Å². The summed E-state index contributed by atoms with van der Waals surface area (Å²) in [5.74, 6) is 0.974. The highest BCUT2D eigenvalue weighted by Gasteiger charge is 2.12. The number of nitrogens with one attached hydrogen (secondary N) is 1. The van der Waals surface area contributed by atoms with E-state index in [1.165, 1.54) is 0 Å². The van der Waals surface area contributed by atoms with E-state index in [4.69, 9.17) is 20.8 Å². The normalized spacial score (nSPS) is 10.8. The van der Waals surface area contributed by atoms with E-state index in [-0.39, 0.29) is 5.91 Å². The predicted octanol–water partition coefficient (Wildman–Crippen LogP) is 4.48. The smallest absolute Gasteiger partial charge is 0.251 e. The summed E-state index contributed by atoms with van der Waals surface area (Å²) in [6, 6.07) is 16.1. The van der Waals surface area contributed by atoms with Gasteiger partial charge in [-0.1, -0.05) is 23.7 Å². The lowest BCUT2D eigenvalue weighted by molar-refractivity contribution is 0.0951. The number of oxazole rings is 1. The number of ether oxygens (including phenoxy) is 1. The minimum Gasteiger partial charge on any atom is -0.497 e. The van der Waals surface area contributed by atoms with Crippen molar-refractivity contribution in [2.75, 3.05) is 7.11 Å². The third-order valence-electron chi connectivity index (χ3n) is 4.21. The van der Waals surface area contributed by atoms with Crippen LogP contribution in [0, 0.1) is 0 Å². The summed E-state index contributed by atoms with van der Waals surface area (Å²) in [6.45, 7) is 0.394. The molecule has 0 aliphatic heterocycles. The maximum absolute atomic E-state index is 12.5. The van der Waals surface area contributed by atoms with Gasteiger partial charge in [-0.3, -0.25) is 4.79 Å². The molecule has 1 N–H and O–H groups in total. The zero-order valence-corrected chi connectivity index (χ0v) is 15.7. The van der Waals surface area contributed by atoms with Gasteiger partial charge < -0.3 is 14.5 Å². The van der Waals surface area contributed by atoms with Gasteiger partial charge in [0.15, 0.2) is 5.58 Å².